The number of carbonyl (C=O) groups excluding carboxylic acids is 1. The number of nitrogens with zero attached hydrogens (tertiary/aromatic N) is 1. The Morgan fingerprint density at radius 2 is 1.78 bits per heavy atom. The molecule has 0 atom stereocenters. The summed E-state index contributed by atoms with van der Waals surface area (Å²) in [6.45, 7) is 6.61. The number of carbonyl (C=O) groups is 1. The fraction of sp³-hybridized carbons (Fsp3) is 0.833. The summed E-state index contributed by atoms with van der Waals surface area (Å²) in [5.41, 5.74) is 0. The largest absolute Gasteiger partial charge is 0.302 e. The van der Waals surface area contributed by atoms with E-state index in [1.54, 1.807) is 0 Å². The van der Waals surface area contributed by atoms with E-state index in [4.69, 9.17) is 0 Å². The van der Waals surface area contributed by atoms with Crippen LogP contribution >= 0.6 is 12.4 Å². The highest BCUT2D eigenvalue weighted by Crippen LogP contribution is 1.80. The standard InChI is InChI=1S/C6H13NO.ClH/c1-3-7(4-2)5-6-8;/h6H,3-5H2,1-2H3;1H. The van der Waals surface area contributed by atoms with Crippen molar-refractivity contribution < 1.29 is 4.79 Å². The van der Waals surface area contributed by atoms with Crippen LogP contribution in [0.15, 0.2) is 0 Å². The first-order chi connectivity index (χ1) is 3.85. The van der Waals surface area contributed by atoms with Crippen molar-refractivity contribution in [2.24, 2.45) is 0 Å². The van der Waals surface area contributed by atoms with Gasteiger partial charge in [0.1, 0.15) is 6.29 Å². The maximum Gasteiger partial charge on any atom is 0.133 e. The summed E-state index contributed by atoms with van der Waals surface area (Å²) in [5.74, 6) is 0. The van der Waals surface area contributed by atoms with Crippen molar-refractivity contribution in [3.8, 4) is 0 Å². The van der Waals surface area contributed by atoms with Gasteiger partial charge in [-0.25, -0.2) is 0 Å². The van der Waals surface area contributed by atoms with Crippen molar-refractivity contribution in [2.45, 2.75) is 13.8 Å². The zero-order chi connectivity index (χ0) is 6.41. The third kappa shape index (κ3) is 5.80. The van der Waals surface area contributed by atoms with Gasteiger partial charge in [-0.2, -0.15) is 0 Å². The second-order valence-electron chi connectivity index (χ2n) is 1.65. The lowest BCUT2D eigenvalue weighted by atomic mass is 10.5. The van der Waals surface area contributed by atoms with E-state index in [1.165, 1.54) is 0 Å². The van der Waals surface area contributed by atoms with Gasteiger partial charge in [0.25, 0.3) is 0 Å². The molecule has 0 heterocycles. The zero-order valence-corrected chi connectivity index (χ0v) is 6.78. The normalized spacial score (nSPS) is 8.78. The Kier molecular flexibility index (Phi) is 10.3. The van der Waals surface area contributed by atoms with Crippen LogP contribution < -0.4 is 0 Å². The van der Waals surface area contributed by atoms with E-state index in [2.05, 4.69) is 4.90 Å². The van der Waals surface area contributed by atoms with Crippen molar-refractivity contribution in [1.82, 2.24) is 4.90 Å². The summed E-state index contributed by atoms with van der Waals surface area (Å²) in [5, 5.41) is 0. The highest BCUT2D eigenvalue weighted by molar-refractivity contribution is 5.85. The van der Waals surface area contributed by atoms with Crippen molar-refractivity contribution in [1.29, 1.82) is 0 Å². The number of likely N-dealkylation sites (N-methyl/N-ethyl adjacent to an activating group) is 1. The lowest BCUT2D eigenvalue weighted by molar-refractivity contribution is -0.108. The molecular weight excluding hydrogens is 138 g/mol. The average Bonchev–Trinajstić information content (AvgIpc) is 1.83. The maximum absolute atomic E-state index is 9.89. The van der Waals surface area contributed by atoms with Crippen LogP contribution in [0.2, 0.25) is 0 Å². The predicted molar refractivity (Wildman–Crippen MR) is 41.1 cm³/mol. The van der Waals surface area contributed by atoms with Gasteiger partial charge >= 0.3 is 0 Å². The highest BCUT2D eigenvalue weighted by atomic mass is 35.5. The van der Waals surface area contributed by atoms with E-state index in [0.717, 1.165) is 19.4 Å². The Morgan fingerprint density at radius 3 is 1.89 bits per heavy atom. The van der Waals surface area contributed by atoms with Gasteiger partial charge in [0.2, 0.25) is 0 Å². The Bertz CT molecular complexity index is 64.1. The lowest BCUT2D eigenvalue weighted by Crippen LogP contribution is -2.24. The summed E-state index contributed by atoms with van der Waals surface area (Å²) in [6.07, 6.45) is 0.938. The molecule has 0 amide bonds. The van der Waals surface area contributed by atoms with E-state index in [0.29, 0.717) is 6.54 Å². The first-order valence-corrected chi connectivity index (χ1v) is 3.01. The molecule has 0 saturated carbocycles. The Balaban J connectivity index is 0. The minimum absolute atomic E-state index is 0. The predicted octanol–water partition coefficient (Wildman–Crippen LogP) is 0.949. The van der Waals surface area contributed by atoms with E-state index in [9.17, 15) is 4.79 Å². The molecule has 0 rings (SSSR count). The molecule has 3 heteroatoms. The lowest BCUT2D eigenvalue weighted by Gasteiger charge is -2.12. The van der Waals surface area contributed by atoms with Crippen molar-refractivity contribution in [2.75, 3.05) is 19.6 Å². The molecule has 0 aliphatic rings. The molecule has 56 valence electrons. The molecule has 0 saturated heterocycles. The van der Waals surface area contributed by atoms with Crippen LogP contribution in [0, 0.1) is 0 Å². The fourth-order valence-corrected chi connectivity index (χ4v) is 0.587. The average molecular weight is 152 g/mol. The van der Waals surface area contributed by atoms with E-state index >= 15 is 0 Å². The topological polar surface area (TPSA) is 20.3 Å². The molecule has 0 N–H and O–H groups in total. The summed E-state index contributed by atoms with van der Waals surface area (Å²) in [6, 6.07) is 0. The molecular formula is C6H14ClNO. The van der Waals surface area contributed by atoms with Crippen LogP contribution in [0.1, 0.15) is 13.8 Å². The Labute approximate surface area is 62.6 Å². The van der Waals surface area contributed by atoms with Gasteiger partial charge in [0.05, 0.1) is 6.54 Å². The van der Waals surface area contributed by atoms with Crippen LogP contribution in [-0.2, 0) is 4.79 Å². The molecule has 2 nitrogen and oxygen atoms in total. The minimum Gasteiger partial charge on any atom is -0.302 e. The van der Waals surface area contributed by atoms with Gasteiger partial charge in [0.15, 0.2) is 0 Å². The molecule has 0 radical (unpaired) electrons. The summed E-state index contributed by atoms with van der Waals surface area (Å²) < 4.78 is 0. The van der Waals surface area contributed by atoms with Crippen LogP contribution in [0.5, 0.6) is 0 Å². The smallest absolute Gasteiger partial charge is 0.133 e. The monoisotopic (exact) mass is 151 g/mol. The first kappa shape index (κ1) is 11.7. The SMILES string of the molecule is CCN(CC)CC=O.Cl. The van der Waals surface area contributed by atoms with E-state index in [-0.39, 0.29) is 12.4 Å². The molecule has 0 spiro atoms. The van der Waals surface area contributed by atoms with Gasteiger partial charge < -0.3 is 4.79 Å². The molecule has 0 fully saturated rings. The quantitative estimate of drug-likeness (QED) is 0.558. The van der Waals surface area contributed by atoms with Gasteiger partial charge in [-0.15, -0.1) is 12.4 Å². The van der Waals surface area contributed by atoms with Gasteiger partial charge in [-0.3, -0.25) is 4.90 Å². The van der Waals surface area contributed by atoms with Crippen molar-refractivity contribution >= 4 is 18.7 Å². The highest BCUT2D eigenvalue weighted by Gasteiger charge is 1.93. The van der Waals surface area contributed by atoms with E-state index < -0.39 is 0 Å². The second kappa shape index (κ2) is 7.92. The molecule has 0 bridgehead atoms. The molecule has 0 aliphatic carbocycles. The van der Waals surface area contributed by atoms with Gasteiger partial charge in [0, 0.05) is 0 Å². The molecule has 0 aromatic carbocycles. The molecule has 9 heavy (non-hydrogen) atoms. The van der Waals surface area contributed by atoms with Crippen LogP contribution in [0.4, 0.5) is 0 Å². The Morgan fingerprint density at radius 1 is 1.33 bits per heavy atom. The molecule has 0 aromatic rings. The summed E-state index contributed by atoms with van der Waals surface area (Å²) in [4.78, 5) is 12.0. The Hall–Kier alpha value is -0.0800. The number of hydrogen-bond donors (Lipinski definition) is 0. The third-order valence-electron chi connectivity index (χ3n) is 1.23. The van der Waals surface area contributed by atoms with Gasteiger partial charge in [-0.05, 0) is 13.1 Å². The summed E-state index contributed by atoms with van der Waals surface area (Å²) >= 11 is 0. The first-order valence-electron chi connectivity index (χ1n) is 3.01. The summed E-state index contributed by atoms with van der Waals surface area (Å²) in [7, 11) is 0. The number of rotatable bonds is 4. The maximum atomic E-state index is 9.89. The third-order valence-corrected chi connectivity index (χ3v) is 1.23. The number of aldehydes is 1. The molecule has 0 unspecified atom stereocenters. The second-order valence-corrected chi connectivity index (χ2v) is 1.65. The van der Waals surface area contributed by atoms with Crippen molar-refractivity contribution in [3.05, 3.63) is 0 Å². The minimum atomic E-state index is 0. The molecule has 0 aromatic heterocycles. The van der Waals surface area contributed by atoms with Crippen LogP contribution in [0.25, 0.3) is 0 Å². The van der Waals surface area contributed by atoms with Gasteiger partial charge in [-0.1, -0.05) is 13.8 Å². The fourth-order valence-electron chi connectivity index (χ4n) is 0.587. The van der Waals surface area contributed by atoms with Crippen molar-refractivity contribution in [3.63, 3.8) is 0 Å². The van der Waals surface area contributed by atoms with E-state index in [1.807, 2.05) is 13.8 Å². The zero-order valence-electron chi connectivity index (χ0n) is 5.96. The van der Waals surface area contributed by atoms with Crippen LogP contribution in [0.3, 0.4) is 0 Å². The number of hydrogen-bond acceptors (Lipinski definition) is 2. The number of halogens is 1. The molecule has 0 aliphatic heterocycles. The van der Waals surface area contributed by atoms with Crippen LogP contribution in [-0.4, -0.2) is 30.8 Å².